The Balaban J connectivity index is 1.59. The highest BCUT2D eigenvalue weighted by Gasteiger charge is 2.12. The van der Waals surface area contributed by atoms with Gasteiger partial charge >= 0.3 is 0 Å². The maximum atomic E-state index is 12.2. The summed E-state index contributed by atoms with van der Waals surface area (Å²) in [5.74, 6) is 0.786. The number of H-pyrrole nitrogens is 1. The number of nitrogens with one attached hydrogen (secondary N) is 2. The molecule has 0 amide bonds. The van der Waals surface area contributed by atoms with Crippen LogP contribution < -0.4 is 11.0 Å². The molecule has 29 heavy (non-hydrogen) atoms. The molecular weight excluding hydrogens is 368 g/mol. The number of rotatable bonds is 5. The normalized spacial score (nSPS) is 10.7. The zero-order chi connectivity index (χ0) is 20.1. The quantitative estimate of drug-likeness (QED) is 0.403. The minimum Gasteiger partial charge on any atom is -0.444 e. The predicted octanol–water partition coefficient (Wildman–Crippen LogP) is 3.41. The van der Waals surface area contributed by atoms with E-state index in [2.05, 4.69) is 25.5 Å². The van der Waals surface area contributed by atoms with Gasteiger partial charge in [-0.25, -0.2) is 15.4 Å². The molecule has 2 N–H and O–H groups in total. The minimum atomic E-state index is -0.536. The highest BCUT2D eigenvalue weighted by Crippen LogP contribution is 2.20. The SMILES string of the molecule is N#Cc1c(-c2ccccc2)nc(NN=Cc2cccc(-c3cnco3)c2)[nH]c1=O. The third kappa shape index (κ3) is 3.94. The van der Waals surface area contributed by atoms with Crippen LogP contribution in [0.4, 0.5) is 5.95 Å². The maximum Gasteiger partial charge on any atom is 0.270 e. The maximum absolute atomic E-state index is 12.2. The van der Waals surface area contributed by atoms with Crippen molar-refractivity contribution in [3.8, 4) is 28.7 Å². The van der Waals surface area contributed by atoms with E-state index in [9.17, 15) is 10.1 Å². The summed E-state index contributed by atoms with van der Waals surface area (Å²) in [7, 11) is 0. The standard InChI is InChI=1S/C21H14N6O2/c22-10-17-19(15-6-2-1-3-7-15)25-21(26-20(17)28)27-24-11-14-5-4-8-16(9-14)18-12-23-13-29-18/h1-9,11-13H,(H2,25,26,27,28). The molecule has 0 atom stereocenters. The van der Waals surface area contributed by atoms with E-state index in [1.165, 1.54) is 6.39 Å². The van der Waals surface area contributed by atoms with E-state index >= 15 is 0 Å². The first-order valence-electron chi connectivity index (χ1n) is 8.62. The van der Waals surface area contributed by atoms with Gasteiger partial charge in [0.1, 0.15) is 11.6 Å². The Morgan fingerprint density at radius 3 is 2.72 bits per heavy atom. The molecule has 0 bridgehead atoms. The lowest BCUT2D eigenvalue weighted by Crippen LogP contribution is -2.16. The van der Waals surface area contributed by atoms with Crippen molar-refractivity contribution in [2.45, 2.75) is 0 Å². The molecule has 0 aliphatic heterocycles. The molecule has 8 nitrogen and oxygen atoms in total. The second-order valence-electron chi connectivity index (χ2n) is 5.98. The largest absolute Gasteiger partial charge is 0.444 e. The van der Waals surface area contributed by atoms with Crippen molar-refractivity contribution in [3.05, 3.63) is 88.7 Å². The number of hydrogen-bond acceptors (Lipinski definition) is 7. The lowest BCUT2D eigenvalue weighted by atomic mass is 10.1. The Hall–Kier alpha value is -4.51. The van der Waals surface area contributed by atoms with Gasteiger partial charge < -0.3 is 4.42 Å². The number of nitrogens with zero attached hydrogens (tertiary/aromatic N) is 4. The fourth-order valence-electron chi connectivity index (χ4n) is 2.73. The number of hydrazone groups is 1. The van der Waals surface area contributed by atoms with Crippen LogP contribution in [-0.4, -0.2) is 21.2 Å². The number of nitriles is 1. The number of benzene rings is 2. The van der Waals surface area contributed by atoms with Crippen molar-refractivity contribution in [3.63, 3.8) is 0 Å². The molecule has 0 spiro atoms. The van der Waals surface area contributed by atoms with Gasteiger partial charge in [0.2, 0.25) is 5.95 Å². The molecule has 0 aliphatic carbocycles. The average molecular weight is 382 g/mol. The van der Waals surface area contributed by atoms with Gasteiger partial charge in [0.25, 0.3) is 5.56 Å². The fraction of sp³-hybridized carbons (Fsp3) is 0. The molecule has 0 radical (unpaired) electrons. The lowest BCUT2D eigenvalue weighted by Gasteiger charge is -2.06. The molecule has 4 rings (SSSR count). The number of anilines is 1. The highest BCUT2D eigenvalue weighted by molar-refractivity contribution is 5.82. The van der Waals surface area contributed by atoms with Gasteiger partial charge in [0.05, 0.1) is 18.1 Å². The molecular formula is C21H14N6O2. The van der Waals surface area contributed by atoms with Crippen molar-refractivity contribution in [2.24, 2.45) is 5.10 Å². The van der Waals surface area contributed by atoms with E-state index in [0.29, 0.717) is 17.0 Å². The molecule has 140 valence electrons. The molecule has 2 aromatic heterocycles. The Morgan fingerprint density at radius 1 is 1.14 bits per heavy atom. The van der Waals surface area contributed by atoms with Crippen LogP contribution in [0.5, 0.6) is 0 Å². The molecule has 0 unspecified atom stereocenters. The van der Waals surface area contributed by atoms with Crippen molar-refractivity contribution in [1.29, 1.82) is 5.26 Å². The summed E-state index contributed by atoms with van der Waals surface area (Å²) in [6, 6.07) is 18.5. The predicted molar refractivity (Wildman–Crippen MR) is 108 cm³/mol. The fourth-order valence-corrected chi connectivity index (χ4v) is 2.73. The lowest BCUT2D eigenvalue weighted by molar-refractivity contribution is 0.572. The number of hydrogen-bond donors (Lipinski definition) is 2. The highest BCUT2D eigenvalue weighted by atomic mass is 16.3. The van der Waals surface area contributed by atoms with Crippen molar-refractivity contribution >= 4 is 12.2 Å². The zero-order valence-electron chi connectivity index (χ0n) is 15.0. The van der Waals surface area contributed by atoms with Crippen LogP contribution in [-0.2, 0) is 0 Å². The first-order chi connectivity index (χ1) is 14.2. The van der Waals surface area contributed by atoms with Gasteiger partial charge in [-0.15, -0.1) is 0 Å². The second-order valence-corrected chi connectivity index (χ2v) is 5.98. The van der Waals surface area contributed by atoms with Crippen LogP contribution in [0, 0.1) is 11.3 Å². The van der Waals surface area contributed by atoms with Crippen LogP contribution in [0.3, 0.4) is 0 Å². The van der Waals surface area contributed by atoms with Gasteiger partial charge in [0.15, 0.2) is 12.2 Å². The monoisotopic (exact) mass is 382 g/mol. The van der Waals surface area contributed by atoms with Crippen LogP contribution in [0.25, 0.3) is 22.6 Å². The molecule has 0 saturated heterocycles. The van der Waals surface area contributed by atoms with Crippen LogP contribution >= 0.6 is 0 Å². The van der Waals surface area contributed by atoms with Crippen LogP contribution in [0.1, 0.15) is 11.1 Å². The van der Waals surface area contributed by atoms with Gasteiger partial charge in [0, 0.05) is 11.1 Å². The molecule has 0 saturated carbocycles. The summed E-state index contributed by atoms with van der Waals surface area (Å²) < 4.78 is 5.29. The van der Waals surface area contributed by atoms with E-state index < -0.39 is 5.56 Å². The average Bonchev–Trinajstić information content (AvgIpc) is 3.29. The van der Waals surface area contributed by atoms with E-state index in [0.717, 1.165) is 11.1 Å². The summed E-state index contributed by atoms with van der Waals surface area (Å²) in [6.45, 7) is 0. The van der Waals surface area contributed by atoms with Crippen molar-refractivity contribution in [2.75, 3.05) is 5.43 Å². The minimum absolute atomic E-state index is 0.0505. The third-order valence-electron chi connectivity index (χ3n) is 4.07. The van der Waals surface area contributed by atoms with Crippen molar-refractivity contribution in [1.82, 2.24) is 15.0 Å². The molecule has 0 aliphatic rings. The van der Waals surface area contributed by atoms with Gasteiger partial charge in [-0.05, 0) is 11.6 Å². The Morgan fingerprint density at radius 2 is 1.97 bits per heavy atom. The summed E-state index contributed by atoms with van der Waals surface area (Å²) in [6.07, 6.45) is 4.58. The van der Waals surface area contributed by atoms with E-state index in [4.69, 9.17) is 4.42 Å². The zero-order valence-corrected chi connectivity index (χ0v) is 15.0. The first-order valence-corrected chi connectivity index (χ1v) is 8.62. The van der Waals surface area contributed by atoms with E-state index in [1.807, 2.05) is 48.5 Å². The Kier molecular flexibility index (Phi) is 4.95. The summed E-state index contributed by atoms with van der Waals surface area (Å²) in [5, 5.41) is 13.4. The summed E-state index contributed by atoms with van der Waals surface area (Å²) in [5.41, 5.74) is 4.76. The van der Waals surface area contributed by atoms with Gasteiger partial charge in [-0.3, -0.25) is 9.78 Å². The second kappa shape index (κ2) is 8.02. The molecule has 8 heteroatoms. The van der Waals surface area contributed by atoms with E-state index in [-0.39, 0.29) is 11.5 Å². The van der Waals surface area contributed by atoms with Gasteiger partial charge in [-0.1, -0.05) is 48.5 Å². The van der Waals surface area contributed by atoms with Crippen LogP contribution in [0.2, 0.25) is 0 Å². The molecule has 2 aromatic carbocycles. The van der Waals surface area contributed by atoms with Gasteiger partial charge in [-0.2, -0.15) is 10.4 Å². The Bertz CT molecular complexity index is 1250. The first kappa shape index (κ1) is 17.9. The Labute approximate surface area is 165 Å². The topological polar surface area (TPSA) is 120 Å². The molecule has 2 heterocycles. The number of oxazole rings is 1. The summed E-state index contributed by atoms with van der Waals surface area (Å²) >= 11 is 0. The van der Waals surface area contributed by atoms with Crippen molar-refractivity contribution < 1.29 is 4.42 Å². The molecule has 0 fully saturated rings. The van der Waals surface area contributed by atoms with Crippen LogP contribution in [0.15, 0.2) is 81.5 Å². The smallest absolute Gasteiger partial charge is 0.270 e. The number of aromatic nitrogens is 3. The third-order valence-corrected chi connectivity index (χ3v) is 4.07. The number of aromatic amines is 1. The molecule has 4 aromatic rings. The summed E-state index contributed by atoms with van der Waals surface area (Å²) in [4.78, 5) is 23.0. The van der Waals surface area contributed by atoms with E-state index in [1.54, 1.807) is 24.5 Å².